The summed E-state index contributed by atoms with van der Waals surface area (Å²) in [6, 6.07) is 0. The van der Waals surface area contributed by atoms with E-state index in [1.54, 1.807) is 0 Å². The van der Waals surface area contributed by atoms with Gasteiger partial charge in [-0.05, 0) is 24.7 Å². The fourth-order valence-corrected chi connectivity index (χ4v) is 3.14. The second-order valence-electron chi connectivity index (χ2n) is 5.69. The number of nitrogens with one attached hydrogen (secondary N) is 1. The predicted octanol–water partition coefficient (Wildman–Crippen LogP) is 4.32. The first kappa shape index (κ1) is 14.6. The molecule has 0 aliphatic heterocycles. The smallest absolute Gasteiger partial charge is 0.137 e. The zero-order chi connectivity index (χ0) is 13.7. The molecule has 1 saturated carbocycles. The van der Waals surface area contributed by atoms with Crippen molar-refractivity contribution in [1.82, 2.24) is 9.97 Å². The van der Waals surface area contributed by atoms with Crippen molar-refractivity contribution in [3.63, 3.8) is 0 Å². The molecule has 1 N–H and O–H groups in total. The number of aromatic nitrogens is 2. The molecule has 3 nitrogen and oxygen atoms in total. The van der Waals surface area contributed by atoms with Gasteiger partial charge in [0.25, 0.3) is 0 Å². The van der Waals surface area contributed by atoms with Crippen LogP contribution < -0.4 is 5.32 Å². The van der Waals surface area contributed by atoms with Crippen LogP contribution in [0.25, 0.3) is 0 Å². The Morgan fingerprint density at radius 1 is 1.26 bits per heavy atom. The molecule has 0 atom stereocenters. The minimum absolute atomic E-state index is 0.575. The van der Waals surface area contributed by atoms with Gasteiger partial charge >= 0.3 is 0 Å². The summed E-state index contributed by atoms with van der Waals surface area (Å²) in [7, 11) is 0. The van der Waals surface area contributed by atoms with Crippen molar-refractivity contribution in [1.29, 1.82) is 0 Å². The van der Waals surface area contributed by atoms with Crippen LogP contribution >= 0.6 is 11.6 Å². The van der Waals surface area contributed by atoms with Crippen LogP contribution in [0.3, 0.4) is 0 Å². The van der Waals surface area contributed by atoms with Gasteiger partial charge in [-0.25, -0.2) is 9.97 Å². The van der Waals surface area contributed by atoms with Crippen molar-refractivity contribution in [2.24, 2.45) is 11.8 Å². The van der Waals surface area contributed by atoms with Crippen LogP contribution in [0.4, 0.5) is 5.82 Å². The third-order valence-electron chi connectivity index (χ3n) is 4.23. The van der Waals surface area contributed by atoms with E-state index in [1.807, 2.05) is 0 Å². The van der Waals surface area contributed by atoms with Gasteiger partial charge in [0.2, 0.25) is 0 Å². The van der Waals surface area contributed by atoms with Crippen LogP contribution in [0, 0.1) is 11.8 Å². The molecule has 2 rings (SSSR count). The van der Waals surface area contributed by atoms with Crippen LogP contribution in [0.1, 0.15) is 51.5 Å². The van der Waals surface area contributed by atoms with Crippen LogP contribution in [0.5, 0.6) is 0 Å². The zero-order valence-electron chi connectivity index (χ0n) is 12.0. The molecule has 1 heterocycles. The Morgan fingerprint density at radius 3 is 2.68 bits per heavy atom. The molecule has 1 aromatic rings. The van der Waals surface area contributed by atoms with Gasteiger partial charge in [0.15, 0.2) is 0 Å². The highest BCUT2D eigenvalue weighted by atomic mass is 35.5. The number of hydrogen-bond donors (Lipinski definition) is 1. The molecule has 0 bridgehead atoms. The van der Waals surface area contributed by atoms with Crippen molar-refractivity contribution in [3.8, 4) is 0 Å². The Bertz CT molecular complexity index is 400. The third kappa shape index (κ3) is 4.07. The maximum Gasteiger partial charge on any atom is 0.137 e. The van der Waals surface area contributed by atoms with Gasteiger partial charge in [-0.1, -0.05) is 51.1 Å². The van der Waals surface area contributed by atoms with E-state index in [9.17, 15) is 0 Å². The molecule has 1 fully saturated rings. The van der Waals surface area contributed by atoms with Gasteiger partial charge in [0, 0.05) is 12.1 Å². The minimum atomic E-state index is 0.575. The summed E-state index contributed by atoms with van der Waals surface area (Å²) in [5, 5.41) is 4.00. The van der Waals surface area contributed by atoms with E-state index in [0.29, 0.717) is 5.15 Å². The van der Waals surface area contributed by atoms with E-state index in [1.165, 1.54) is 38.4 Å². The molecule has 106 valence electrons. The largest absolute Gasteiger partial charge is 0.370 e. The fraction of sp³-hybridized carbons (Fsp3) is 0.733. The molecule has 19 heavy (non-hydrogen) atoms. The molecule has 1 aliphatic rings. The summed E-state index contributed by atoms with van der Waals surface area (Å²) in [5.74, 6) is 2.72. The molecule has 0 aromatic carbocycles. The van der Waals surface area contributed by atoms with E-state index in [-0.39, 0.29) is 0 Å². The van der Waals surface area contributed by atoms with Gasteiger partial charge in [0.05, 0.1) is 0 Å². The van der Waals surface area contributed by atoms with E-state index in [2.05, 4.69) is 29.1 Å². The summed E-state index contributed by atoms with van der Waals surface area (Å²) in [4.78, 5) is 8.33. The highest BCUT2D eigenvalue weighted by Gasteiger charge is 2.17. The van der Waals surface area contributed by atoms with Crippen LogP contribution in [0.2, 0.25) is 5.15 Å². The molecular weight excluding hydrogens is 258 g/mol. The molecule has 4 heteroatoms. The maximum absolute atomic E-state index is 6.08. The number of hydrogen-bond acceptors (Lipinski definition) is 3. The van der Waals surface area contributed by atoms with Gasteiger partial charge in [-0.15, -0.1) is 0 Å². The Balaban J connectivity index is 1.81. The first-order chi connectivity index (χ1) is 9.20. The van der Waals surface area contributed by atoms with Gasteiger partial charge in [-0.2, -0.15) is 0 Å². The van der Waals surface area contributed by atoms with Gasteiger partial charge < -0.3 is 5.32 Å². The average molecular weight is 282 g/mol. The van der Waals surface area contributed by atoms with Crippen LogP contribution in [-0.2, 0) is 6.42 Å². The number of anilines is 1. The van der Waals surface area contributed by atoms with Crippen molar-refractivity contribution in [2.45, 2.75) is 52.4 Å². The topological polar surface area (TPSA) is 37.8 Å². The lowest BCUT2D eigenvalue weighted by Crippen LogP contribution is -2.16. The molecule has 0 saturated heterocycles. The van der Waals surface area contributed by atoms with E-state index in [0.717, 1.165) is 36.2 Å². The second-order valence-corrected chi connectivity index (χ2v) is 6.04. The summed E-state index contributed by atoms with van der Waals surface area (Å²) in [6.07, 6.45) is 9.18. The fourth-order valence-electron chi connectivity index (χ4n) is 2.87. The van der Waals surface area contributed by atoms with Crippen molar-refractivity contribution >= 4 is 17.4 Å². The van der Waals surface area contributed by atoms with Crippen molar-refractivity contribution in [2.75, 3.05) is 11.9 Å². The first-order valence-corrected chi connectivity index (χ1v) is 7.81. The summed E-state index contributed by atoms with van der Waals surface area (Å²) < 4.78 is 0. The lowest BCUT2D eigenvalue weighted by molar-refractivity contribution is 0.282. The summed E-state index contributed by atoms with van der Waals surface area (Å²) in [6.45, 7) is 5.43. The van der Waals surface area contributed by atoms with Gasteiger partial charge in [0.1, 0.15) is 17.3 Å². The number of rotatable bonds is 5. The molecular formula is C15H24ClN3. The molecule has 0 spiro atoms. The standard InChI is InChI=1S/C15H24ClN3/c1-3-13-14(16)18-10-19-15(13)17-9-8-12-6-4-11(2)5-7-12/h10-12H,3-9H2,1-2H3,(H,17,18,19). The molecule has 0 unspecified atom stereocenters. The Kier molecular flexibility index (Phi) is 5.44. The Hall–Kier alpha value is -0.830. The molecule has 0 radical (unpaired) electrons. The lowest BCUT2D eigenvalue weighted by atomic mass is 9.81. The highest BCUT2D eigenvalue weighted by Crippen LogP contribution is 2.30. The summed E-state index contributed by atoms with van der Waals surface area (Å²) >= 11 is 6.08. The maximum atomic E-state index is 6.08. The monoisotopic (exact) mass is 281 g/mol. The zero-order valence-corrected chi connectivity index (χ0v) is 12.7. The average Bonchev–Trinajstić information content (AvgIpc) is 2.41. The molecule has 0 amide bonds. The Morgan fingerprint density at radius 2 is 2.00 bits per heavy atom. The van der Waals surface area contributed by atoms with Gasteiger partial charge in [-0.3, -0.25) is 0 Å². The quantitative estimate of drug-likeness (QED) is 0.817. The normalized spacial score (nSPS) is 23.3. The van der Waals surface area contributed by atoms with E-state index < -0.39 is 0 Å². The lowest BCUT2D eigenvalue weighted by Gasteiger charge is -2.26. The van der Waals surface area contributed by atoms with Crippen molar-refractivity contribution in [3.05, 3.63) is 17.0 Å². The third-order valence-corrected chi connectivity index (χ3v) is 4.55. The first-order valence-electron chi connectivity index (χ1n) is 7.44. The van der Waals surface area contributed by atoms with Crippen LogP contribution in [-0.4, -0.2) is 16.5 Å². The van der Waals surface area contributed by atoms with Crippen LogP contribution in [0.15, 0.2) is 6.33 Å². The molecule has 1 aromatic heterocycles. The van der Waals surface area contributed by atoms with E-state index >= 15 is 0 Å². The molecule has 1 aliphatic carbocycles. The number of halogens is 1. The predicted molar refractivity (Wildman–Crippen MR) is 80.6 cm³/mol. The highest BCUT2D eigenvalue weighted by molar-refractivity contribution is 6.30. The minimum Gasteiger partial charge on any atom is -0.370 e. The summed E-state index contributed by atoms with van der Waals surface area (Å²) in [5.41, 5.74) is 1.03. The number of nitrogens with zero attached hydrogens (tertiary/aromatic N) is 2. The van der Waals surface area contributed by atoms with Crippen molar-refractivity contribution < 1.29 is 0 Å². The Labute approximate surface area is 121 Å². The van der Waals surface area contributed by atoms with E-state index in [4.69, 9.17) is 11.6 Å². The second kappa shape index (κ2) is 7.09. The SMILES string of the molecule is CCc1c(Cl)ncnc1NCCC1CCC(C)CC1.